The van der Waals surface area contributed by atoms with Gasteiger partial charge in [0.1, 0.15) is 0 Å². The smallest absolute Gasteiger partial charge is 0.310 e. The number of likely N-dealkylation sites (tertiary alicyclic amines) is 1. The van der Waals surface area contributed by atoms with Crippen LogP contribution in [0.5, 0.6) is 0 Å². The number of aliphatic hydroxyl groups excluding tert-OH is 1. The predicted octanol–water partition coefficient (Wildman–Crippen LogP) is 0.170. The third-order valence-electron chi connectivity index (χ3n) is 2.86. The summed E-state index contributed by atoms with van der Waals surface area (Å²) in [7, 11) is 1.37. The number of carbonyl (C=O) groups is 2. The minimum atomic E-state index is -0.236. The van der Waals surface area contributed by atoms with Crippen LogP contribution in [0.3, 0.4) is 0 Å². The van der Waals surface area contributed by atoms with Gasteiger partial charge in [0.25, 0.3) is 0 Å². The van der Waals surface area contributed by atoms with Gasteiger partial charge in [0.2, 0.25) is 5.91 Å². The zero-order valence-corrected chi connectivity index (χ0v) is 9.65. The van der Waals surface area contributed by atoms with Crippen molar-refractivity contribution >= 4 is 11.9 Å². The standard InChI is InChI=1S/C11H19NO4/c1-16-11(15)9-4-2-6-12(8-9)10(14)5-3-7-13/h9,13H,2-8H2,1H3. The summed E-state index contributed by atoms with van der Waals surface area (Å²) in [6, 6.07) is 0. The Morgan fingerprint density at radius 2 is 2.25 bits per heavy atom. The van der Waals surface area contributed by atoms with E-state index in [-0.39, 0.29) is 24.4 Å². The van der Waals surface area contributed by atoms with Gasteiger partial charge in [-0.3, -0.25) is 9.59 Å². The van der Waals surface area contributed by atoms with Crippen LogP contribution in [-0.4, -0.2) is 48.7 Å². The summed E-state index contributed by atoms with van der Waals surface area (Å²) < 4.78 is 4.68. The molecule has 1 aliphatic heterocycles. The Hall–Kier alpha value is -1.10. The van der Waals surface area contributed by atoms with Crippen molar-refractivity contribution in [1.29, 1.82) is 0 Å². The van der Waals surface area contributed by atoms with E-state index in [9.17, 15) is 9.59 Å². The van der Waals surface area contributed by atoms with Gasteiger partial charge in [-0.2, -0.15) is 0 Å². The second-order valence-electron chi connectivity index (χ2n) is 4.03. The van der Waals surface area contributed by atoms with E-state index < -0.39 is 0 Å². The maximum atomic E-state index is 11.7. The lowest BCUT2D eigenvalue weighted by molar-refractivity contribution is -0.149. The van der Waals surface area contributed by atoms with E-state index >= 15 is 0 Å². The lowest BCUT2D eigenvalue weighted by atomic mass is 9.98. The Bertz CT molecular complexity index is 254. The van der Waals surface area contributed by atoms with Crippen LogP contribution in [0.4, 0.5) is 0 Å². The van der Waals surface area contributed by atoms with Crippen molar-refractivity contribution in [3.8, 4) is 0 Å². The van der Waals surface area contributed by atoms with E-state index in [4.69, 9.17) is 5.11 Å². The molecule has 1 N–H and O–H groups in total. The number of piperidine rings is 1. The van der Waals surface area contributed by atoms with Gasteiger partial charge in [0.15, 0.2) is 0 Å². The van der Waals surface area contributed by atoms with E-state index in [2.05, 4.69) is 4.74 Å². The Balaban J connectivity index is 2.43. The molecular weight excluding hydrogens is 210 g/mol. The lowest BCUT2D eigenvalue weighted by Gasteiger charge is -2.31. The molecule has 16 heavy (non-hydrogen) atoms. The number of aliphatic hydroxyl groups is 1. The van der Waals surface area contributed by atoms with Crippen LogP contribution in [-0.2, 0) is 14.3 Å². The Morgan fingerprint density at radius 1 is 1.50 bits per heavy atom. The summed E-state index contributed by atoms with van der Waals surface area (Å²) in [5, 5.41) is 8.65. The average Bonchev–Trinajstić information content (AvgIpc) is 2.35. The summed E-state index contributed by atoms with van der Waals surface area (Å²) in [5.74, 6) is -0.404. The molecule has 0 aromatic rings. The molecular formula is C11H19NO4. The summed E-state index contributed by atoms with van der Waals surface area (Å²) in [5.41, 5.74) is 0. The number of hydrogen-bond acceptors (Lipinski definition) is 4. The third kappa shape index (κ3) is 3.48. The molecule has 5 heteroatoms. The Kier molecular flexibility index (Phi) is 5.25. The largest absolute Gasteiger partial charge is 0.469 e. The van der Waals surface area contributed by atoms with Crippen LogP contribution < -0.4 is 0 Å². The van der Waals surface area contributed by atoms with Crippen molar-refractivity contribution in [3.05, 3.63) is 0 Å². The summed E-state index contributed by atoms with van der Waals surface area (Å²) in [6.07, 6.45) is 2.46. The molecule has 1 heterocycles. The number of ether oxygens (including phenoxy) is 1. The van der Waals surface area contributed by atoms with Crippen molar-refractivity contribution in [3.63, 3.8) is 0 Å². The van der Waals surface area contributed by atoms with Gasteiger partial charge >= 0.3 is 5.97 Å². The summed E-state index contributed by atoms with van der Waals surface area (Å²) in [6.45, 7) is 1.19. The molecule has 1 unspecified atom stereocenters. The van der Waals surface area contributed by atoms with Gasteiger partial charge in [-0.1, -0.05) is 0 Å². The summed E-state index contributed by atoms with van der Waals surface area (Å²) >= 11 is 0. The highest BCUT2D eigenvalue weighted by Gasteiger charge is 2.28. The fourth-order valence-corrected chi connectivity index (χ4v) is 1.95. The molecule has 0 saturated carbocycles. The minimum Gasteiger partial charge on any atom is -0.469 e. The highest BCUT2D eigenvalue weighted by Crippen LogP contribution is 2.18. The van der Waals surface area contributed by atoms with Crippen LogP contribution in [0.15, 0.2) is 0 Å². The lowest BCUT2D eigenvalue weighted by Crippen LogP contribution is -2.42. The monoisotopic (exact) mass is 229 g/mol. The number of methoxy groups -OCH3 is 1. The number of hydrogen-bond donors (Lipinski definition) is 1. The molecule has 1 saturated heterocycles. The normalized spacial score (nSPS) is 20.6. The van der Waals surface area contributed by atoms with Crippen LogP contribution in [0.1, 0.15) is 25.7 Å². The SMILES string of the molecule is COC(=O)C1CCCN(C(=O)CCCO)C1. The van der Waals surface area contributed by atoms with Crippen LogP contribution in [0.2, 0.25) is 0 Å². The zero-order valence-electron chi connectivity index (χ0n) is 9.65. The highest BCUT2D eigenvalue weighted by molar-refractivity contribution is 5.78. The Labute approximate surface area is 95.4 Å². The molecule has 1 rings (SSSR count). The van der Waals surface area contributed by atoms with Gasteiger partial charge in [-0.25, -0.2) is 0 Å². The number of carbonyl (C=O) groups excluding carboxylic acids is 2. The fraction of sp³-hybridized carbons (Fsp3) is 0.818. The van der Waals surface area contributed by atoms with Gasteiger partial charge in [0, 0.05) is 26.1 Å². The molecule has 0 aliphatic carbocycles. The van der Waals surface area contributed by atoms with Crippen molar-refractivity contribution in [2.24, 2.45) is 5.92 Å². The average molecular weight is 229 g/mol. The molecule has 1 aliphatic rings. The highest BCUT2D eigenvalue weighted by atomic mass is 16.5. The van der Waals surface area contributed by atoms with Crippen LogP contribution in [0.25, 0.3) is 0 Å². The number of nitrogens with zero attached hydrogens (tertiary/aromatic N) is 1. The quantitative estimate of drug-likeness (QED) is 0.698. The van der Waals surface area contributed by atoms with E-state index in [1.807, 2.05) is 0 Å². The molecule has 0 aromatic carbocycles. The first kappa shape index (κ1) is 13.0. The molecule has 1 fully saturated rings. The maximum absolute atomic E-state index is 11.7. The second kappa shape index (κ2) is 6.48. The molecule has 1 atom stereocenters. The van der Waals surface area contributed by atoms with E-state index in [0.717, 1.165) is 12.8 Å². The van der Waals surface area contributed by atoms with Crippen molar-refractivity contribution in [2.75, 3.05) is 26.8 Å². The predicted molar refractivity (Wildman–Crippen MR) is 57.6 cm³/mol. The van der Waals surface area contributed by atoms with E-state index in [0.29, 0.717) is 25.9 Å². The van der Waals surface area contributed by atoms with Gasteiger partial charge in [-0.05, 0) is 19.3 Å². The van der Waals surface area contributed by atoms with E-state index in [1.54, 1.807) is 4.90 Å². The van der Waals surface area contributed by atoms with Gasteiger partial charge in [-0.15, -0.1) is 0 Å². The van der Waals surface area contributed by atoms with E-state index in [1.165, 1.54) is 7.11 Å². The molecule has 5 nitrogen and oxygen atoms in total. The second-order valence-corrected chi connectivity index (χ2v) is 4.03. The molecule has 0 aromatic heterocycles. The fourth-order valence-electron chi connectivity index (χ4n) is 1.95. The maximum Gasteiger partial charge on any atom is 0.310 e. The Morgan fingerprint density at radius 3 is 2.88 bits per heavy atom. The van der Waals surface area contributed by atoms with Gasteiger partial charge in [0.05, 0.1) is 13.0 Å². The van der Waals surface area contributed by atoms with Crippen LogP contribution in [0, 0.1) is 5.92 Å². The summed E-state index contributed by atoms with van der Waals surface area (Å²) in [4.78, 5) is 24.7. The topological polar surface area (TPSA) is 66.8 Å². The molecule has 92 valence electrons. The first-order valence-corrected chi connectivity index (χ1v) is 5.65. The minimum absolute atomic E-state index is 0.0163. The zero-order chi connectivity index (χ0) is 12.0. The number of esters is 1. The third-order valence-corrected chi connectivity index (χ3v) is 2.86. The number of rotatable bonds is 4. The van der Waals surface area contributed by atoms with Gasteiger partial charge < -0.3 is 14.7 Å². The molecule has 0 radical (unpaired) electrons. The first-order chi connectivity index (χ1) is 7.69. The molecule has 1 amide bonds. The van der Waals surface area contributed by atoms with Crippen molar-refractivity contribution in [1.82, 2.24) is 4.90 Å². The van der Waals surface area contributed by atoms with Crippen molar-refractivity contribution in [2.45, 2.75) is 25.7 Å². The molecule has 0 spiro atoms. The first-order valence-electron chi connectivity index (χ1n) is 5.65. The number of amides is 1. The van der Waals surface area contributed by atoms with Crippen molar-refractivity contribution < 1.29 is 19.4 Å². The van der Waals surface area contributed by atoms with Crippen LogP contribution >= 0.6 is 0 Å². The molecule has 0 bridgehead atoms.